The van der Waals surface area contributed by atoms with Crippen molar-refractivity contribution in [1.82, 2.24) is 9.88 Å². The average molecular weight is 339 g/mol. The van der Waals surface area contributed by atoms with Gasteiger partial charge in [-0.05, 0) is 24.3 Å². The fourth-order valence-corrected chi connectivity index (χ4v) is 2.68. The summed E-state index contributed by atoms with van der Waals surface area (Å²) in [6, 6.07) is 7.38. The fourth-order valence-electron chi connectivity index (χ4n) is 1.86. The second kappa shape index (κ2) is 5.30. The lowest BCUT2D eigenvalue weighted by Crippen LogP contribution is -2.56. The molecule has 0 radical (unpaired) electrons. The first-order valence-electron chi connectivity index (χ1n) is 5.83. The summed E-state index contributed by atoms with van der Waals surface area (Å²) in [7, 11) is 0. The van der Waals surface area contributed by atoms with E-state index < -0.39 is 0 Å². The molecule has 4 nitrogen and oxygen atoms in total. The zero-order valence-corrected chi connectivity index (χ0v) is 12.4. The van der Waals surface area contributed by atoms with Crippen molar-refractivity contribution in [3.05, 3.63) is 45.9 Å². The Morgan fingerprint density at radius 3 is 2.74 bits per heavy atom. The molecule has 98 valence electrons. The molecular formula is C13H11BrN2O2S. The molecule has 0 N–H and O–H groups in total. The topological polar surface area (TPSA) is 42.4 Å². The van der Waals surface area contributed by atoms with Gasteiger partial charge in [-0.2, -0.15) is 0 Å². The number of carbonyl (C=O) groups is 1. The van der Waals surface area contributed by atoms with Gasteiger partial charge in [0.1, 0.15) is 6.10 Å². The maximum atomic E-state index is 12.1. The number of hydrogen-bond acceptors (Lipinski definition) is 4. The number of nitrogens with zero attached hydrogens (tertiary/aromatic N) is 2. The summed E-state index contributed by atoms with van der Waals surface area (Å²) < 4.78 is 6.60. The highest BCUT2D eigenvalue weighted by atomic mass is 79.9. The van der Waals surface area contributed by atoms with Gasteiger partial charge in [-0.3, -0.25) is 4.79 Å². The minimum Gasteiger partial charge on any atom is -0.463 e. The van der Waals surface area contributed by atoms with Crippen molar-refractivity contribution >= 4 is 33.2 Å². The van der Waals surface area contributed by atoms with Gasteiger partial charge in [0.15, 0.2) is 0 Å². The molecule has 19 heavy (non-hydrogen) atoms. The van der Waals surface area contributed by atoms with Crippen LogP contribution in [0.25, 0.3) is 0 Å². The Balaban J connectivity index is 1.55. The number of ether oxygens (including phenoxy) is 1. The van der Waals surface area contributed by atoms with Gasteiger partial charge in [-0.25, -0.2) is 4.98 Å². The van der Waals surface area contributed by atoms with Gasteiger partial charge < -0.3 is 9.64 Å². The number of aromatic nitrogens is 1. The van der Waals surface area contributed by atoms with Crippen molar-refractivity contribution in [1.29, 1.82) is 0 Å². The lowest BCUT2D eigenvalue weighted by molar-refractivity contribution is 0.0177. The molecule has 0 bridgehead atoms. The Hall–Kier alpha value is -1.40. The molecule has 0 atom stereocenters. The van der Waals surface area contributed by atoms with E-state index in [1.54, 1.807) is 11.1 Å². The number of carbonyl (C=O) groups excluding carboxylic acids is 1. The SMILES string of the molecule is O=C(c1ccc(Br)cc1)N1CC(Oc2nccs2)C1. The Labute approximate surface area is 123 Å². The number of benzene rings is 1. The van der Waals surface area contributed by atoms with Crippen LogP contribution in [0.3, 0.4) is 0 Å². The molecule has 1 aliphatic rings. The normalized spacial score (nSPS) is 15.1. The van der Waals surface area contributed by atoms with Gasteiger partial charge in [0.25, 0.3) is 11.1 Å². The van der Waals surface area contributed by atoms with Crippen LogP contribution in [0.5, 0.6) is 5.19 Å². The number of hydrogen-bond donors (Lipinski definition) is 0. The zero-order valence-electron chi connectivity index (χ0n) is 9.95. The number of likely N-dealkylation sites (tertiary alicyclic amines) is 1. The van der Waals surface area contributed by atoms with Gasteiger partial charge in [0, 0.05) is 21.6 Å². The predicted octanol–water partition coefficient (Wildman–Crippen LogP) is 2.81. The monoisotopic (exact) mass is 338 g/mol. The Morgan fingerprint density at radius 2 is 2.11 bits per heavy atom. The molecule has 1 aromatic carbocycles. The Bertz CT molecular complexity index is 565. The molecule has 0 aliphatic carbocycles. The first kappa shape index (κ1) is 12.6. The number of halogens is 1. The molecule has 3 rings (SSSR count). The number of rotatable bonds is 3. The minimum absolute atomic E-state index is 0.0477. The first-order valence-corrected chi connectivity index (χ1v) is 7.50. The third-order valence-corrected chi connectivity index (χ3v) is 4.09. The average Bonchev–Trinajstić information content (AvgIpc) is 2.86. The molecule has 1 aliphatic heterocycles. The minimum atomic E-state index is 0.0477. The zero-order chi connectivity index (χ0) is 13.2. The van der Waals surface area contributed by atoms with E-state index in [1.807, 2.05) is 29.6 Å². The number of amides is 1. The van der Waals surface area contributed by atoms with Crippen LogP contribution in [0.15, 0.2) is 40.3 Å². The summed E-state index contributed by atoms with van der Waals surface area (Å²) in [6.45, 7) is 1.24. The van der Waals surface area contributed by atoms with Crippen LogP contribution in [-0.2, 0) is 0 Å². The molecule has 0 unspecified atom stereocenters. The molecule has 1 saturated heterocycles. The lowest BCUT2D eigenvalue weighted by atomic mass is 10.1. The summed E-state index contributed by atoms with van der Waals surface area (Å²) in [5.74, 6) is 0.0477. The van der Waals surface area contributed by atoms with Gasteiger partial charge in [0.05, 0.1) is 13.1 Å². The van der Waals surface area contributed by atoms with Crippen LogP contribution in [0.2, 0.25) is 0 Å². The molecule has 1 amide bonds. The Kier molecular flexibility index (Phi) is 3.52. The predicted molar refractivity (Wildman–Crippen MR) is 76.6 cm³/mol. The molecule has 1 fully saturated rings. The van der Waals surface area contributed by atoms with E-state index in [0.29, 0.717) is 23.8 Å². The summed E-state index contributed by atoms with van der Waals surface area (Å²) in [5, 5.41) is 2.54. The van der Waals surface area contributed by atoms with E-state index in [2.05, 4.69) is 20.9 Å². The van der Waals surface area contributed by atoms with Gasteiger partial charge in [0.2, 0.25) is 0 Å². The van der Waals surface area contributed by atoms with Crippen molar-refractivity contribution in [2.24, 2.45) is 0 Å². The van der Waals surface area contributed by atoms with Crippen molar-refractivity contribution in [3.63, 3.8) is 0 Å². The summed E-state index contributed by atoms with van der Waals surface area (Å²) >= 11 is 4.82. The van der Waals surface area contributed by atoms with E-state index in [4.69, 9.17) is 4.74 Å². The fraction of sp³-hybridized carbons (Fsp3) is 0.231. The van der Waals surface area contributed by atoms with Crippen LogP contribution < -0.4 is 4.74 Å². The summed E-state index contributed by atoms with van der Waals surface area (Å²) in [4.78, 5) is 18.0. The highest BCUT2D eigenvalue weighted by Gasteiger charge is 2.33. The molecule has 1 aromatic heterocycles. The van der Waals surface area contributed by atoms with E-state index in [9.17, 15) is 4.79 Å². The van der Waals surface area contributed by atoms with Gasteiger partial charge >= 0.3 is 0 Å². The summed E-state index contributed by atoms with van der Waals surface area (Å²) in [6.07, 6.45) is 1.77. The maximum Gasteiger partial charge on any atom is 0.273 e. The molecule has 0 saturated carbocycles. The molecular weight excluding hydrogens is 328 g/mol. The second-order valence-corrected chi connectivity index (χ2v) is 6.03. The molecule has 6 heteroatoms. The van der Waals surface area contributed by atoms with E-state index >= 15 is 0 Å². The van der Waals surface area contributed by atoms with E-state index in [0.717, 1.165) is 4.47 Å². The highest BCUT2D eigenvalue weighted by molar-refractivity contribution is 9.10. The van der Waals surface area contributed by atoms with Gasteiger partial charge in [-0.15, -0.1) is 0 Å². The van der Waals surface area contributed by atoms with E-state index in [-0.39, 0.29) is 12.0 Å². The Morgan fingerprint density at radius 1 is 1.37 bits per heavy atom. The van der Waals surface area contributed by atoms with Crippen LogP contribution in [-0.4, -0.2) is 35.0 Å². The van der Waals surface area contributed by atoms with Crippen molar-refractivity contribution < 1.29 is 9.53 Å². The first-order chi connectivity index (χ1) is 9.22. The maximum absolute atomic E-state index is 12.1. The molecule has 2 aromatic rings. The quantitative estimate of drug-likeness (QED) is 0.864. The van der Waals surface area contributed by atoms with Crippen molar-refractivity contribution in [3.8, 4) is 5.19 Å². The third kappa shape index (κ3) is 2.79. The number of thiazole rings is 1. The van der Waals surface area contributed by atoms with Crippen LogP contribution >= 0.6 is 27.3 Å². The highest BCUT2D eigenvalue weighted by Crippen LogP contribution is 2.22. The van der Waals surface area contributed by atoms with E-state index in [1.165, 1.54) is 11.3 Å². The third-order valence-electron chi connectivity index (χ3n) is 2.90. The lowest BCUT2D eigenvalue weighted by Gasteiger charge is -2.38. The van der Waals surface area contributed by atoms with Crippen LogP contribution in [0.1, 0.15) is 10.4 Å². The largest absolute Gasteiger partial charge is 0.463 e. The summed E-state index contributed by atoms with van der Waals surface area (Å²) in [5.41, 5.74) is 0.705. The smallest absolute Gasteiger partial charge is 0.273 e. The second-order valence-electron chi connectivity index (χ2n) is 4.25. The van der Waals surface area contributed by atoms with Crippen LogP contribution in [0, 0.1) is 0 Å². The van der Waals surface area contributed by atoms with Crippen molar-refractivity contribution in [2.75, 3.05) is 13.1 Å². The van der Waals surface area contributed by atoms with Crippen LogP contribution in [0.4, 0.5) is 0 Å². The molecule has 2 heterocycles. The standard InChI is InChI=1S/C13H11BrN2O2S/c14-10-3-1-9(2-4-10)12(17)16-7-11(8-16)18-13-15-5-6-19-13/h1-6,11H,7-8H2. The van der Waals surface area contributed by atoms with Crippen molar-refractivity contribution in [2.45, 2.75) is 6.10 Å². The van der Waals surface area contributed by atoms with Gasteiger partial charge in [-0.1, -0.05) is 27.3 Å². The molecule has 0 spiro atoms.